The van der Waals surface area contributed by atoms with Crippen LogP contribution in [0.15, 0.2) is 4.52 Å². The highest BCUT2D eigenvalue weighted by Gasteiger charge is 2.35. The van der Waals surface area contributed by atoms with Crippen LogP contribution in [0.3, 0.4) is 0 Å². The Balaban J connectivity index is 1.60. The van der Waals surface area contributed by atoms with Gasteiger partial charge in [0.25, 0.3) is 6.43 Å². The summed E-state index contributed by atoms with van der Waals surface area (Å²) in [7, 11) is 0. The number of morpholine rings is 1. The van der Waals surface area contributed by atoms with Gasteiger partial charge >= 0.3 is 0 Å². The number of halogens is 2. The maximum absolute atomic E-state index is 12.9. The molecule has 0 saturated carbocycles. The normalized spacial score (nSPS) is 25.5. The number of ether oxygens (including phenoxy) is 1. The number of aryl methyl sites for hydroxylation is 1. The molecule has 3 heterocycles. The van der Waals surface area contributed by atoms with Crippen LogP contribution in [-0.2, 0) is 16.0 Å². The van der Waals surface area contributed by atoms with E-state index in [1.807, 2.05) is 0 Å². The van der Waals surface area contributed by atoms with E-state index in [1.165, 1.54) is 0 Å². The second-order valence-electron chi connectivity index (χ2n) is 6.70. The lowest BCUT2D eigenvalue weighted by Crippen LogP contribution is -2.57. The third-order valence-electron chi connectivity index (χ3n) is 4.77. The molecule has 3 rings (SSSR count). The van der Waals surface area contributed by atoms with Gasteiger partial charge < -0.3 is 14.2 Å². The standard InChI is InChI=1S/C16H24F2N4O3/c1-11-19-15(20-25-11)7-12-3-2-4-22(8-12)16(23)13-10-24-6-5-21(13)9-14(17)18/h12-14H,2-10H2,1H3. The van der Waals surface area contributed by atoms with E-state index in [2.05, 4.69) is 10.1 Å². The van der Waals surface area contributed by atoms with Crippen LogP contribution >= 0.6 is 0 Å². The lowest BCUT2D eigenvalue weighted by molar-refractivity contribution is -0.146. The van der Waals surface area contributed by atoms with Gasteiger partial charge in [-0.2, -0.15) is 4.98 Å². The Kier molecular flexibility index (Phi) is 5.95. The van der Waals surface area contributed by atoms with Crippen LogP contribution in [0.1, 0.15) is 24.6 Å². The molecule has 0 aliphatic carbocycles. The molecule has 0 N–H and O–H groups in total. The number of nitrogens with zero attached hydrogens (tertiary/aromatic N) is 4. The minimum absolute atomic E-state index is 0.116. The summed E-state index contributed by atoms with van der Waals surface area (Å²) in [5.41, 5.74) is 0. The molecule has 7 nitrogen and oxygen atoms in total. The van der Waals surface area contributed by atoms with Gasteiger partial charge in [-0.15, -0.1) is 0 Å². The van der Waals surface area contributed by atoms with E-state index >= 15 is 0 Å². The third-order valence-corrected chi connectivity index (χ3v) is 4.77. The summed E-state index contributed by atoms with van der Waals surface area (Å²) in [4.78, 5) is 20.4. The Hall–Kier alpha value is -1.61. The molecule has 0 aromatic carbocycles. The van der Waals surface area contributed by atoms with E-state index in [0.29, 0.717) is 44.4 Å². The zero-order valence-electron chi connectivity index (χ0n) is 14.4. The fraction of sp³-hybridized carbons (Fsp3) is 0.812. The first-order valence-electron chi connectivity index (χ1n) is 8.71. The summed E-state index contributed by atoms with van der Waals surface area (Å²) < 4.78 is 35.9. The van der Waals surface area contributed by atoms with Crippen molar-refractivity contribution < 1.29 is 22.8 Å². The highest BCUT2D eigenvalue weighted by Crippen LogP contribution is 2.22. The van der Waals surface area contributed by atoms with Gasteiger partial charge in [-0.25, -0.2) is 8.78 Å². The molecule has 2 aliphatic heterocycles. The third kappa shape index (κ3) is 4.72. The predicted octanol–water partition coefficient (Wildman–Crippen LogP) is 1.13. The van der Waals surface area contributed by atoms with E-state index in [4.69, 9.17) is 9.26 Å². The Morgan fingerprint density at radius 2 is 2.24 bits per heavy atom. The summed E-state index contributed by atoms with van der Waals surface area (Å²) >= 11 is 0. The van der Waals surface area contributed by atoms with E-state index in [1.54, 1.807) is 16.7 Å². The Morgan fingerprint density at radius 1 is 1.40 bits per heavy atom. The number of aromatic nitrogens is 2. The first-order valence-corrected chi connectivity index (χ1v) is 8.71. The number of carbonyl (C=O) groups is 1. The Bertz CT molecular complexity index is 583. The monoisotopic (exact) mass is 358 g/mol. The quantitative estimate of drug-likeness (QED) is 0.786. The number of amides is 1. The Morgan fingerprint density at radius 3 is 2.96 bits per heavy atom. The molecule has 25 heavy (non-hydrogen) atoms. The molecule has 0 spiro atoms. The lowest BCUT2D eigenvalue weighted by Gasteiger charge is -2.40. The summed E-state index contributed by atoms with van der Waals surface area (Å²) in [6.07, 6.45) is 0.0711. The zero-order valence-corrected chi connectivity index (χ0v) is 14.4. The first-order chi connectivity index (χ1) is 12.0. The summed E-state index contributed by atoms with van der Waals surface area (Å²) in [5.74, 6) is 1.31. The van der Waals surface area contributed by atoms with Crippen molar-refractivity contribution >= 4 is 5.91 Å². The fourth-order valence-corrected chi connectivity index (χ4v) is 3.59. The van der Waals surface area contributed by atoms with Gasteiger partial charge in [0.1, 0.15) is 6.04 Å². The summed E-state index contributed by atoms with van der Waals surface area (Å²) in [6.45, 7) is 3.52. The largest absolute Gasteiger partial charge is 0.378 e. The van der Waals surface area contributed by atoms with Gasteiger partial charge in [0, 0.05) is 33.0 Å². The van der Waals surface area contributed by atoms with Crippen molar-refractivity contribution in [3.8, 4) is 0 Å². The van der Waals surface area contributed by atoms with Gasteiger partial charge in [0.15, 0.2) is 5.82 Å². The molecule has 2 unspecified atom stereocenters. The van der Waals surface area contributed by atoms with Crippen molar-refractivity contribution in [1.82, 2.24) is 19.9 Å². The van der Waals surface area contributed by atoms with E-state index in [-0.39, 0.29) is 25.0 Å². The molecule has 2 aliphatic rings. The van der Waals surface area contributed by atoms with Crippen molar-refractivity contribution in [3.63, 3.8) is 0 Å². The van der Waals surface area contributed by atoms with Crippen LogP contribution in [0.5, 0.6) is 0 Å². The van der Waals surface area contributed by atoms with E-state index < -0.39 is 12.5 Å². The average molecular weight is 358 g/mol. The average Bonchev–Trinajstić information content (AvgIpc) is 2.99. The second kappa shape index (κ2) is 8.18. The molecular formula is C16H24F2N4O3. The van der Waals surface area contributed by atoms with Crippen LogP contribution in [0.2, 0.25) is 0 Å². The lowest BCUT2D eigenvalue weighted by atomic mass is 9.94. The maximum Gasteiger partial charge on any atom is 0.251 e. The highest BCUT2D eigenvalue weighted by molar-refractivity contribution is 5.82. The van der Waals surface area contributed by atoms with Gasteiger partial charge in [-0.3, -0.25) is 9.69 Å². The molecule has 2 atom stereocenters. The second-order valence-corrected chi connectivity index (χ2v) is 6.70. The SMILES string of the molecule is Cc1nc(CC2CCCN(C(=O)C3COCCN3CC(F)F)C2)no1. The van der Waals surface area contributed by atoms with E-state index in [9.17, 15) is 13.6 Å². The number of carbonyl (C=O) groups excluding carboxylic acids is 1. The van der Waals surface area contributed by atoms with Crippen molar-refractivity contribution in [2.45, 2.75) is 38.7 Å². The molecule has 1 amide bonds. The molecular weight excluding hydrogens is 334 g/mol. The van der Waals surface area contributed by atoms with Gasteiger partial charge in [0.05, 0.1) is 19.8 Å². The van der Waals surface area contributed by atoms with Crippen LogP contribution in [-0.4, -0.2) is 77.7 Å². The smallest absolute Gasteiger partial charge is 0.251 e. The highest BCUT2D eigenvalue weighted by atomic mass is 19.3. The predicted molar refractivity (Wildman–Crippen MR) is 84.2 cm³/mol. The van der Waals surface area contributed by atoms with Crippen molar-refractivity contribution in [2.75, 3.05) is 39.4 Å². The van der Waals surface area contributed by atoms with Gasteiger partial charge in [-0.1, -0.05) is 5.16 Å². The van der Waals surface area contributed by atoms with Crippen LogP contribution in [0.4, 0.5) is 8.78 Å². The molecule has 0 bridgehead atoms. The van der Waals surface area contributed by atoms with Crippen molar-refractivity contribution in [3.05, 3.63) is 11.7 Å². The Labute approximate surface area is 145 Å². The number of piperidine rings is 1. The minimum Gasteiger partial charge on any atom is -0.378 e. The number of alkyl halides is 2. The number of hydrogen-bond donors (Lipinski definition) is 0. The van der Waals surface area contributed by atoms with Crippen molar-refractivity contribution in [2.24, 2.45) is 5.92 Å². The van der Waals surface area contributed by atoms with Gasteiger partial charge in [-0.05, 0) is 18.8 Å². The molecule has 2 fully saturated rings. The number of hydrogen-bond acceptors (Lipinski definition) is 6. The number of rotatable bonds is 5. The summed E-state index contributed by atoms with van der Waals surface area (Å²) in [5, 5.41) is 3.91. The number of likely N-dealkylation sites (tertiary alicyclic amines) is 1. The molecule has 2 saturated heterocycles. The molecule has 140 valence electrons. The van der Waals surface area contributed by atoms with Crippen LogP contribution in [0.25, 0.3) is 0 Å². The van der Waals surface area contributed by atoms with Gasteiger partial charge in [0.2, 0.25) is 11.8 Å². The van der Waals surface area contributed by atoms with Crippen LogP contribution in [0, 0.1) is 12.8 Å². The molecule has 9 heteroatoms. The minimum atomic E-state index is -2.45. The molecule has 0 radical (unpaired) electrons. The maximum atomic E-state index is 12.9. The van der Waals surface area contributed by atoms with Crippen LogP contribution < -0.4 is 0 Å². The molecule has 1 aromatic rings. The first kappa shape index (κ1) is 18.2. The molecule has 1 aromatic heterocycles. The fourth-order valence-electron chi connectivity index (χ4n) is 3.59. The summed E-state index contributed by atoms with van der Waals surface area (Å²) in [6, 6.07) is -0.617. The van der Waals surface area contributed by atoms with Crippen molar-refractivity contribution in [1.29, 1.82) is 0 Å². The zero-order chi connectivity index (χ0) is 17.8. The van der Waals surface area contributed by atoms with E-state index in [0.717, 1.165) is 12.8 Å². The topological polar surface area (TPSA) is 71.7 Å².